The lowest BCUT2D eigenvalue weighted by Crippen LogP contribution is -2.40. The summed E-state index contributed by atoms with van der Waals surface area (Å²) in [4.78, 5) is 35.3. The molecule has 44 heavy (non-hydrogen) atoms. The van der Waals surface area contributed by atoms with Gasteiger partial charge in [-0.25, -0.2) is 15.0 Å². The van der Waals surface area contributed by atoms with Crippen LogP contribution in [0.5, 0.6) is 0 Å². The number of aliphatic hydroxyl groups is 1. The Balaban J connectivity index is 0.000000180. The van der Waals surface area contributed by atoms with E-state index in [-0.39, 0.29) is 23.2 Å². The summed E-state index contributed by atoms with van der Waals surface area (Å²) in [5.74, 6) is 0.101. The highest BCUT2D eigenvalue weighted by molar-refractivity contribution is 6.67. The summed E-state index contributed by atoms with van der Waals surface area (Å²) in [7, 11) is 0. The van der Waals surface area contributed by atoms with Crippen LogP contribution in [0.3, 0.4) is 0 Å². The van der Waals surface area contributed by atoms with Crippen molar-refractivity contribution < 1.29 is 14.7 Å². The molecule has 1 aliphatic carbocycles. The van der Waals surface area contributed by atoms with E-state index in [1.165, 1.54) is 0 Å². The third-order valence-electron chi connectivity index (χ3n) is 6.47. The fourth-order valence-corrected chi connectivity index (χ4v) is 4.81. The zero-order valence-corrected chi connectivity index (χ0v) is 28.1. The van der Waals surface area contributed by atoms with Crippen LogP contribution >= 0.6 is 69.6 Å². The van der Waals surface area contributed by atoms with Gasteiger partial charge in [0.25, 0.3) is 0 Å². The molecule has 0 aliphatic heterocycles. The van der Waals surface area contributed by atoms with Crippen molar-refractivity contribution in [3.05, 3.63) is 125 Å². The summed E-state index contributed by atoms with van der Waals surface area (Å²) in [6.45, 7) is 1.57. The van der Waals surface area contributed by atoms with Gasteiger partial charge in [0.15, 0.2) is 23.2 Å². The van der Waals surface area contributed by atoms with Gasteiger partial charge in [-0.15, -0.1) is 0 Å². The summed E-state index contributed by atoms with van der Waals surface area (Å²) >= 11 is 33.6. The van der Waals surface area contributed by atoms with Gasteiger partial charge in [0.05, 0.1) is 0 Å². The first-order valence-corrected chi connectivity index (χ1v) is 15.8. The van der Waals surface area contributed by atoms with Gasteiger partial charge in [0.1, 0.15) is 11.4 Å². The number of ketones is 2. The second-order valence-electron chi connectivity index (χ2n) is 9.87. The molecule has 1 N–H and O–H groups in total. The molecule has 12 heteroatoms. The Morgan fingerprint density at radius 3 is 1.34 bits per heavy atom. The molecule has 1 heterocycles. The minimum atomic E-state index is -1.78. The summed E-state index contributed by atoms with van der Waals surface area (Å²) in [5, 5.41) is 10.2. The van der Waals surface area contributed by atoms with Gasteiger partial charge in [0, 0.05) is 16.7 Å². The van der Waals surface area contributed by atoms with Crippen LogP contribution in [-0.4, -0.2) is 37.2 Å². The monoisotopic (exact) mass is 713 g/mol. The lowest BCUT2D eigenvalue weighted by atomic mass is 9.79. The van der Waals surface area contributed by atoms with Crippen molar-refractivity contribution in [2.24, 2.45) is 0 Å². The van der Waals surface area contributed by atoms with Crippen molar-refractivity contribution >= 4 is 81.2 Å². The van der Waals surface area contributed by atoms with E-state index in [9.17, 15) is 14.7 Å². The number of halogens is 6. The van der Waals surface area contributed by atoms with Crippen molar-refractivity contribution in [2.75, 3.05) is 0 Å². The lowest BCUT2D eigenvalue weighted by molar-refractivity contribution is 0.0116. The van der Waals surface area contributed by atoms with Crippen LogP contribution < -0.4 is 0 Å². The number of carbonyl (C=O) groups excluding carboxylic acids is 2. The van der Waals surface area contributed by atoms with E-state index >= 15 is 0 Å². The largest absolute Gasteiger partial charge is 0.382 e. The van der Waals surface area contributed by atoms with Crippen molar-refractivity contribution in [1.82, 2.24) is 15.0 Å². The van der Waals surface area contributed by atoms with Gasteiger partial charge in [-0.2, -0.15) is 0 Å². The third-order valence-corrected chi connectivity index (χ3v) is 7.48. The van der Waals surface area contributed by atoms with Crippen LogP contribution in [0.2, 0.25) is 0 Å². The van der Waals surface area contributed by atoms with Gasteiger partial charge in [0.2, 0.25) is 7.59 Å². The number of aromatic nitrogens is 3. The Bertz CT molecular complexity index is 1430. The van der Waals surface area contributed by atoms with Crippen LogP contribution in [0.1, 0.15) is 75.9 Å². The van der Waals surface area contributed by atoms with Crippen LogP contribution in [0.15, 0.2) is 91.0 Å². The number of nitrogens with zero attached hydrogens (tertiary/aromatic N) is 3. The first kappa shape index (κ1) is 36.2. The predicted octanol–water partition coefficient (Wildman–Crippen LogP) is 9.32. The second kappa shape index (κ2) is 16.3. The minimum absolute atomic E-state index is 0.0752. The topological polar surface area (TPSA) is 93.0 Å². The molecule has 1 aliphatic rings. The maximum absolute atomic E-state index is 12.1. The molecule has 3 aromatic carbocycles. The molecule has 0 spiro atoms. The van der Waals surface area contributed by atoms with E-state index in [1.807, 2.05) is 78.9 Å². The third kappa shape index (κ3) is 11.0. The van der Waals surface area contributed by atoms with Crippen LogP contribution in [0, 0.1) is 6.92 Å². The number of alkyl halides is 6. The van der Waals surface area contributed by atoms with E-state index < -0.39 is 13.2 Å². The SMILES string of the molecule is Cc1nc(C(Cl)(Cl)Cl)nc(C(Cl)(Cl)Cl)n1.O=C(c1ccccc1)C1(O)CCCCC1.O=C(c1ccccc1)c1ccccc1. The van der Waals surface area contributed by atoms with E-state index in [0.29, 0.717) is 24.2 Å². The minimum Gasteiger partial charge on any atom is -0.382 e. The average Bonchev–Trinajstić information content (AvgIpc) is 3.01. The number of benzene rings is 3. The Morgan fingerprint density at radius 2 is 0.977 bits per heavy atom. The molecule has 1 fully saturated rings. The predicted molar refractivity (Wildman–Crippen MR) is 178 cm³/mol. The van der Waals surface area contributed by atoms with Gasteiger partial charge in [-0.3, -0.25) is 9.59 Å². The molecule has 0 amide bonds. The standard InChI is InChI=1S/C13H16O2.C13H10O.C6H3Cl6N3/c14-12(11-7-3-1-4-8-11)13(15)9-5-2-6-10-13;14-13(11-7-3-1-4-8-11)12-9-5-2-6-10-12;1-2-13-3(5(7,8)9)15-4(14-2)6(10,11)12/h1,3-4,7-8,15H,2,5-6,9-10H2;1-10H;1H3. The molecular weight excluding hydrogens is 687 g/mol. The molecule has 1 saturated carbocycles. The highest BCUT2D eigenvalue weighted by atomic mass is 35.6. The number of rotatable bonds is 4. The smallest absolute Gasteiger partial charge is 0.250 e. The summed E-state index contributed by atoms with van der Waals surface area (Å²) in [6, 6.07) is 27.7. The van der Waals surface area contributed by atoms with Gasteiger partial charge in [-0.1, -0.05) is 180 Å². The van der Waals surface area contributed by atoms with Crippen molar-refractivity contribution in [2.45, 2.75) is 52.2 Å². The second-order valence-corrected chi connectivity index (χ2v) is 14.4. The molecular formula is C32H29Cl6N3O3. The molecule has 0 radical (unpaired) electrons. The first-order chi connectivity index (χ1) is 20.7. The Morgan fingerprint density at radius 1 is 0.614 bits per heavy atom. The fourth-order valence-electron chi connectivity index (χ4n) is 4.30. The van der Waals surface area contributed by atoms with Crippen LogP contribution in [-0.2, 0) is 7.59 Å². The number of aryl methyl sites for hydroxylation is 1. The molecule has 0 unspecified atom stereocenters. The quantitative estimate of drug-likeness (QED) is 0.167. The number of Topliss-reactive ketones (excluding diaryl/α,β-unsaturated/α-hetero) is 1. The highest BCUT2D eigenvalue weighted by Crippen LogP contribution is 2.39. The summed E-state index contributed by atoms with van der Waals surface area (Å²) in [5.41, 5.74) is 0.999. The lowest BCUT2D eigenvalue weighted by Gasteiger charge is -2.30. The molecule has 4 aromatic rings. The Labute approximate surface area is 286 Å². The summed E-state index contributed by atoms with van der Waals surface area (Å²) < 4.78 is -3.56. The number of hydrogen-bond acceptors (Lipinski definition) is 6. The maximum Gasteiger partial charge on any atom is 0.250 e. The fraction of sp³-hybridized carbons (Fsp3) is 0.281. The molecule has 0 atom stereocenters. The zero-order chi connectivity index (χ0) is 32.4. The number of hydrogen-bond donors (Lipinski definition) is 1. The van der Waals surface area contributed by atoms with E-state index in [4.69, 9.17) is 69.6 Å². The molecule has 6 nitrogen and oxygen atoms in total. The van der Waals surface area contributed by atoms with E-state index in [2.05, 4.69) is 15.0 Å². The van der Waals surface area contributed by atoms with Crippen molar-refractivity contribution in [1.29, 1.82) is 0 Å². The molecule has 1 aromatic heterocycles. The normalized spacial score (nSPS) is 14.3. The zero-order valence-electron chi connectivity index (χ0n) is 23.6. The van der Waals surface area contributed by atoms with Crippen molar-refractivity contribution in [3.8, 4) is 0 Å². The van der Waals surface area contributed by atoms with Gasteiger partial charge in [-0.05, 0) is 19.8 Å². The average molecular weight is 716 g/mol. The molecule has 0 saturated heterocycles. The molecule has 232 valence electrons. The maximum atomic E-state index is 12.1. The van der Waals surface area contributed by atoms with Crippen LogP contribution in [0.4, 0.5) is 0 Å². The van der Waals surface area contributed by atoms with Crippen molar-refractivity contribution in [3.63, 3.8) is 0 Å². The van der Waals surface area contributed by atoms with E-state index in [0.717, 1.165) is 30.4 Å². The Kier molecular flexibility index (Phi) is 13.4. The van der Waals surface area contributed by atoms with Gasteiger partial charge >= 0.3 is 0 Å². The van der Waals surface area contributed by atoms with Gasteiger partial charge < -0.3 is 5.11 Å². The number of carbonyl (C=O) groups is 2. The molecule has 5 rings (SSSR count). The van der Waals surface area contributed by atoms with E-state index in [1.54, 1.807) is 19.1 Å². The molecule has 0 bridgehead atoms. The first-order valence-electron chi connectivity index (χ1n) is 13.5. The summed E-state index contributed by atoms with van der Waals surface area (Å²) in [6.07, 6.45) is 4.26. The Hall–Kier alpha value is -2.29. The highest BCUT2D eigenvalue weighted by Gasteiger charge is 2.37. The van der Waals surface area contributed by atoms with Crippen LogP contribution in [0.25, 0.3) is 0 Å².